The lowest BCUT2D eigenvalue weighted by atomic mass is 10.1. The van der Waals surface area contributed by atoms with Crippen molar-refractivity contribution >= 4 is 5.97 Å². The molecule has 0 N–H and O–H groups in total. The van der Waals surface area contributed by atoms with Crippen LogP contribution in [0.1, 0.15) is 23.2 Å². The maximum atomic E-state index is 13.2. The third-order valence-electron chi connectivity index (χ3n) is 2.05. The molecule has 0 atom stereocenters. The molecule has 16 heavy (non-hydrogen) atoms. The lowest BCUT2D eigenvalue weighted by Gasteiger charge is -2.07. The van der Waals surface area contributed by atoms with Gasteiger partial charge in [-0.25, -0.2) is 13.8 Å². The van der Waals surface area contributed by atoms with Crippen molar-refractivity contribution in [2.75, 3.05) is 7.11 Å². The summed E-state index contributed by atoms with van der Waals surface area (Å²) < 4.78 is 42.3. The Balaban J connectivity index is 3.05. The molecule has 0 aliphatic heterocycles. The normalized spacial score (nSPS) is 10.6. The van der Waals surface area contributed by atoms with E-state index in [1.165, 1.54) is 13.0 Å². The summed E-state index contributed by atoms with van der Waals surface area (Å²) in [6, 6.07) is 1.18. The zero-order valence-corrected chi connectivity index (χ0v) is 8.76. The van der Waals surface area contributed by atoms with E-state index in [1.807, 2.05) is 0 Å². The monoisotopic (exact) mass is 233 g/mol. The van der Waals surface area contributed by atoms with Gasteiger partial charge in [-0.3, -0.25) is 4.79 Å². The van der Waals surface area contributed by atoms with E-state index in [0.717, 1.165) is 7.11 Å². The Hall–Kier alpha value is -1.59. The standard InChI is InChI=1S/C10H10F3NO2/c1-5-3-6(4-7(15)16-2)10(13)14-8(5)9(11)12/h3,9H,4H2,1-2H3. The number of nitrogens with zero attached hydrogens (tertiary/aromatic N) is 1. The molecule has 6 heteroatoms. The average Bonchev–Trinajstić information content (AvgIpc) is 2.22. The van der Waals surface area contributed by atoms with E-state index >= 15 is 0 Å². The number of alkyl halides is 2. The maximum absolute atomic E-state index is 13.2. The molecule has 0 saturated carbocycles. The molecule has 0 fully saturated rings. The van der Waals surface area contributed by atoms with Gasteiger partial charge in [0.25, 0.3) is 6.43 Å². The molecular weight excluding hydrogens is 223 g/mol. The molecule has 1 aromatic heterocycles. The number of pyridine rings is 1. The van der Waals surface area contributed by atoms with E-state index in [0.29, 0.717) is 0 Å². The van der Waals surface area contributed by atoms with Gasteiger partial charge in [0.1, 0.15) is 5.69 Å². The molecule has 1 aromatic rings. The molecule has 0 spiro atoms. The number of ether oxygens (including phenoxy) is 1. The molecule has 0 radical (unpaired) electrons. The van der Waals surface area contributed by atoms with E-state index in [-0.39, 0.29) is 17.5 Å². The van der Waals surface area contributed by atoms with Crippen molar-refractivity contribution in [2.45, 2.75) is 19.8 Å². The second kappa shape index (κ2) is 4.96. The molecule has 1 heterocycles. The largest absolute Gasteiger partial charge is 0.469 e. The number of halogens is 3. The number of carbonyl (C=O) groups is 1. The minimum atomic E-state index is -2.83. The van der Waals surface area contributed by atoms with Crippen LogP contribution in [0, 0.1) is 12.9 Å². The highest BCUT2D eigenvalue weighted by Gasteiger charge is 2.17. The van der Waals surface area contributed by atoms with Crippen molar-refractivity contribution < 1.29 is 22.7 Å². The Morgan fingerprint density at radius 2 is 2.19 bits per heavy atom. The third-order valence-corrected chi connectivity index (χ3v) is 2.05. The van der Waals surface area contributed by atoms with Crippen molar-refractivity contribution in [3.05, 3.63) is 28.8 Å². The summed E-state index contributed by atoms with van der Waals surface area (Å²) >= 11 is 0. The SMILES string of the molecule is COC(=O)Cc1cc(C)c(C(F)F)nc1F. The van der Waals surface area contributed by atoms with Crippen LogP contribution in [0.4, 0.5) is 13.2 Å². The Labute approximate surface area is 90.2 Å². The van der Waals surface area contributed by atoms with Gasteiger partial charge in [-0.15, -0.1) is 0 Å². The third kappa shape index (κ3) is 2.71. The predicted molar refractivity (Wildman–Crippen MR) is 49.6 cm³/mol. The Kier molecular flexibility index (Phi) is 3.87. The number of hydrogen-bond acceptors (Lipinski definition) is 3. The van der Waals surface area contributed by atoms with E-state index in [1.54, 1.807) is 0 Å². The topological polar surface area (TPSA) is 39.2 Å². The van der Waals surface area contributed by atoms with Crippen LogP contribution in [0.3, 0.4) is 0 Å². The van der Waals surface area contributed by atoms with Crippen LogP contribution in [-0.2, 0) is 16.0 Å². The molecule has 0 saturated heterocycles. The van der Waals surface area contributed by atoms with Crippen molar-refractivity contribution in [2.24, 2.45) is 0 Å². The zero-order chi connectivity index (χ0) is 12.3. The Morgan fingerprint density at radius 1 is 1.56 bits per heavy atom. The second-order valence-electron chi connectivity index (χ2n) is 3.19. The van der Waals surface area contributed by atoms with Crippen LogP contribution < -0.4 is 0 Å². The molecule has 0 unspecified atom stereocenters. The average molecular weight is 233 g/mol. The molecule has 0 aromatic carbocycles. The Bertz CT molecular complexity index is 407. The van der Waals surface area contributed by atoms with Gasteiger partial charge in [0.15, 0.2) is 0 Å². The second-order valence-corrected chi connectivity index (χ2v) is 3.19. The van der Waals surface area contributed by atoms with Crippen molar-refractivity contribution in [1.82, 2.24) is 4.98 Å². The van der Waals surface area contributed by atoms with Gasteiger partial charge in [0, 0.05) is 5.56 Å². The molecule has 0 aliphatic rings. The van der Waals surface area contributed by atoms with Gasteiger partial charge in [-0.05, 0) is 18.6 Å². The zero-order valence-electron chi connectivity index (χ0n) is 8.76. The highest BCUT2D eigenvalue weighted by molar-refractivity contribution is 5.72. The van der Waals surface area contributed by atoms with Gasteiger partial charge in [-0.2, -0.15) is 4.39 Å². The lowest BCUT2D eigenvalue weighted by molar-refractivity contribution is -0.139. The van der Waals surface area contributed by atoms with Crippen LogP contribution in [-0.4, -0.2) is 18.1 Å². The summed E-state index contributed by atoms with van der Waals surface area (Å²) in [6.45, 7) is 1.38. The molecule has 1 rings (SSSR count). The summed E-state index contributed by atoms with van der Waals surface area (Å²) in [6.07, 6.45) is -3.15. The van der Waals surface area contributed by atoms with Crippen LogP contribution in [0.25, 0.3) is 0 Å². The van der Waals surface area contributed by atoms with Crippen LogP contribution >= 0.6 is 0 Å². The fourth-order valence-corrected chi connectivity index (χ4v) is 1.23. The quantitative estimate of drug-likeness (QED) is 0.593. The van der Waals surface area contributed by atoms with Crippen LogP contribution in [0.5, 0.6) is 0 Å². The Morgan fingerprint density at radius 3 is 2.69 bits per heavy atom. The summed E-state index contributed by atoms with van der Waals surface area (Å²) in [5.74, 6) is -1.71. The van der Waals surface area contributed by atoms with E-state index in [2.05, 4.69) is 9.72 Å². The van der Waals surface area contributed by atoms with E-state index < -0.39 is 24.0 Å². The molecular formula is C10H10F3NO2. The summed E-state index contributed by atoms with van der Waals surface area (Å²) in [5.41, 5.74) is -0.504. The first-order valence-electron chi connectivity index (χ1n) is 4.46. The van der Waals surface area contributed by atoms with Crippen LogP contribution in [0.15, 0.2) is 6.07 Å². The number of rotatable bonds is 3. The number of esters is 1. The van der Waals surface area contributed by atoms with Crippen molar-refractivity contribution in [1.29, 1.82) is 0 Å². The molecule has 88 valence electrons. The highest BCUT2D eigenvalue weighted by atomic mass is 19.3. The summed E-state index contributed by atoms with van der Waals surface area (Å²) in [4.78, 5) is 14.0. The molecule has 3 nitrogen and oxygen atoms in total. The predicted octanol–water partition coefficient (Wildman–Crippen LogP) is 2.18. The fraction of sp³-hybridized carbons (Fsp3) is 0.400. The van der Waals surface area contributed by atoms with Gasteiger partial charge in [0.2, 0.25) is 5.95 Å². The van der Waals surface area contributed by atoms with Crippen molar-refractivity contribution in [3.8, 4) is 0 Å². The van der Waals surface area contributed by atoms with Crippen molar-refractivity contribution in [3.63, 3.8) is 0 Å². The van der Waals surface area contributed by atoms with Crippen LogP contribution in [0.2, 0.25) is 0 Å². The fourth-order valence-electron chi connectivity index (χ4n) is 1.23. The summed E-state index contributed by atoms with van der Waals surface area (Å²) in [7, 11) is 1.16. The first-order valence-corrected chi connectivity index (χ1v) is 4.46. The molecule has 0 aliphatic carbocycles. The number of aromatic nitrogens is 1. The maximum Gasteiger partial charge on any atom is 0.310 e. The first-order chi connectivity index (χ1) is 7.45. The summed E-state index contributed by atoms with van der Waals surface area (Å²) in [5, 5.41) is 0. The molecule has 0 amide bonds. The van der Waals surface area contributed by atoms with Gasteiger partial charge < -0.3 is 4.74 Å². The highest BCUT2D eigenvalue weighted by Crippen LogP contribution is 2.22. The van der Waals surface area contributed by atoms with E-state index in [9.17, 15) is 18.0 Å². The number of aryl methyl sites for hydroxylation is 1. The number of methoxy groups -OCH3 is 1. The smallest absolute Gasteiger partial charge is 0.310 e. The lowest BCUT2D eigenvalue weighted by Crippen LogP contribution is -2.09. The number of carbonyl (C=O) groups excluding carboxylic acids is 1. The minimum Gasteiger partial charge on any atom is -0.469 e. The number of hydrogen-bond donors (Lipinski definition) is 0. The molecule has 0 bridgehead atoms. The van der Waals surface area contributed by atoms with Gasteiger partial charge in [0.05, 0.1) is 13.5 Å². The first kappa shape index (κ1) is 12.5. The van der Waals surface area contributed by atoms with Gasteiger partial charge >= 0.3 is 5.97 Å². The van der Waals surface area contributed by atoms with E-state index in [4.69, 9.17) is 0 Å². The minimum absolute atomic E-state index is 0.0475. The van der Waals surface area contributed by atoms with Gasteiger partial charge in [-0.1, -0.05) is 0 Å².